The molecule has 0 amide bonds. The number of nitrogens with one attached hydrogen (secondary N) is 2. The highest BCUT2D eigenvalue weighted by Crippen LogP contribution is 2.08. The van der Waals surface area contributed by atoms with Crippen LogP contribution < -0.4 is 9.96 Å². The topological polar surface area (TPSA) is 24.1 Å². The molecule has 0 saturated carbocycles. The van der Waals surface area contributed by atoms with E-state index < -0.39 is 8.40 Å². The molecule has 0 unspecified atom stereocenters. The Balaban J connectivity index is 4.16. The van der Waals surface area contributed by atoms with Crippen molar-refractivity contribution in [2.75, 3.05) is 13.1 Å². The van der Waals surface area contributed by atoms with Gasteiger partial charge in [-0.1, -0.05) is 39.3 Å². The molecule has 0 fully saturated rings. The number of hydrogen-bond donors (Lipinski definition) is 2. The van der Waals surface area contributed by atoms with Gasteiger partial charge < -0.3 is 9.96 Å². The van der Waals surface area contributed by atoms with Gasteiger partial charge >= 0.3 is 0 Å². The van der Waals surface area contributed by atoms with Gasteiger partial charge in [-0.2, -0.15) is 0 Å². The minimum absolute atomic E-state index is 1.04. The van der Waals surface area contributed by atoms with Crippen LogP contribution in [0.1, 0.15) is 33.6 Å². The smallest absolute Gasteiger partial charge is 0.226 e. The van der Waals surface area contributed by atoms with E-state index >= 15 is 0 Å². The highest BCUT2D eigenvalue weighted by Gasteiger charge is 2.26. The summed E-state index contributed by atoms with van der Waals surface area (Å²) in [5, 5.41) is 0. The van der Waals surface area contributed by atoms with Crippen molar-refractivity contribution in [3.05, 3.63) is 12.3 Å². The van der Waals surface area contributed by atoms with Gasteiger partial charge in [0.1, 0.15) is 0 Å². The van der Waals surface area contributed by atoms with Gasteiger partial charge in [-0.25, -0.2) is 0 Å². The lowest BCUT2D eigenvalue weighted by molar-refractivity contribution is 0.796. The molecule has 3 heteroatoms. The molecule has 2 nitrogen and oxygen atoms in total. The molecule has 0 radical (unpaired) electrons. The van der Waals surface area contributed by atoms with Crippen LogP contribution in [-0.2, 0) is 0 Å². The molecule has 0 saturated heterocycles. The standard InChI is InChI=1S/C10H24N2Si/c1-5-9-10-13(8-4,11-6-2)12-7-3/h8,11-12H,4-7,9-10H2,1-3H3. The van der Waals surface area contributed by atoms with Crippen molar-refractivity contribution in [3.63, 3.8) is 0 Å². The van der Waals surface area contributed by atoms with E-state index in [4.69, 9.17) is 0 Å². The van der Waals surface area contributed by atoms with Crippen LogP contribution in [0.15, 0.2) is 12.3 Å². The first-order chi connectivity index (χ1) is 6.24. The fourth-order valence-electron chi connectivity index (χ4n) is 1.57. The summed E-state index contributed by atoms with van der Waals surface area (Å²) in [6.07, 6.45) is 2.55. The van der Waals surface area contributed by atoms with E-state index in [1.54, 1.807) is 0 Å². The summed E-state index contributed by atoms with van der Waals surface area (Å²) in [6, 6.07) is 1.26. The quantitative estimate of drug-likeness (QED) is 0.587. The van der Waals surface area contributed by atoms with Gasteiger partial charge in [0, 0.05) is 0 Å². The van der Waals surface area contributed by atoms with Gasteiger partial charge in [-0.05, 0) is 19.1 Å². The van der Waals surface area contributed by atoms with E-state index in [-0.39, 0.29) is 0 Å². The first-order valence-corrected chi connectivity index (χ1v) is 7.66. The fourth-order valence-corrected chi connectivity index (χ4v) is 4.72. The lowest BCUT2D eigenvalue weighted by Crippen LogP contribution is -2.61. The first-order valence-electron chi connectivity index (χ1n) is 5.38. The molecule has 0 bridgehead atoms. The zero-order chi connectivity index (χ0) is 10.2. The second-order valence-electron chi connectivity index (χ2n) is 3.34. The molecule has 0 spiro atoms. The summed E-state index contributed by atoms with van der Waals surface area (Å²) in [5.74, 6) is 0. The Hall–Kier alpha value is -0.123. The molecule has 0 aliphatic heterocycles. The average Bonchev–Trinajstić information content (AvgIpc) is 2.15. The lowest BCUT2D eigenvalue weighted by Gasteiger charge is -2.29. The minimum atomic E-state index is -1.53. The molecule has 0 aromatic carbocycles. The van der Waals surface area contributed by atoms with E-state index in [1.807, 2.05) is 0 Å². The van der Waals surface area contributed by atoms with E-state index in [0.717, 1.165) is 13.1 Å². The third kappa shape index (κ3) is 4.60. The molecule has 0 aliphatic carbocycles. The molecule has 2 N–H and O–H groups in total. The monoisotopic (exact) mass is 200 g/mol. The number of rotatable bonds is 8. The third-order valence-electron chi connectivity index (χ3n) is 2.26. The highest BCUT2D eigenvalue weighted by atomic mass is 28.3. The molecular weight excluding hydrogens is 176 g/mol. The molecule has 0 heterocycles. The Bertz CT molecular complexity index is 131. The second-order valence-corrected chi connectivity index (χ2v) is 6.90. The van der Waals surface area contributed by atoms with E-state index in [9.17, 15) is 0 Å². The SMILES string of the molecule is C=C[Si](CCCC)(NCC)NCC. The van der Waals surface area contributed by atoms with Crippen LogP contribution in [0.2, 0.25) is 6.04 Å². The number of hydrogen-bond acceptors (Lipinski definition) is 2. The average molecular weight is 200 g/mol. The van der Waals surface area contributed by atoms with Crippen LogP contribution in [-0.4, -0.2) is 21.5 Å². The van der Waals surface area contributed by atoms with Crippen LogP contribution in [0.3, 0.4) is 0 Å². The molecule has 0 aliphatic rings. The summed E-state index contributed by atoms with van der Waals surface area (Å²) in [7, 11) is -1.53. The van der Waals surface area contributed by atoms with Crippen LogP contribution in [0.25, 0.3) is 0 Å². The van der Waals surface area contributed by atoms with Crippen LogP contribution in [0, 0.1) is 0 Å². The van der Waals surface area contributed by atoms with Crippen LogP contribution in [0.4, 0.5) is 0 Å². The summed E-state index contributed by atoms with van der Waals surface area (Å²) in [5.41, 5.74) is 2.13. The lowest BCUT2D eigenvalue weighted by atomic mass is 10.4. The van der Waals surface area contributed by atoms with Crippen molar-refractivity contribution in [1.29, 1.82) is 0 Å². The first kappa shape index (κ1) is 12.9. The van der Waals surface area contributed by atoms with Crippen molar-refractivity contribution < 1.29 is 0 Å². The van der Waals surface area contributed by atoms with Gasteiger partial charge in [0.25, 0.3) is 0 Å². The Morgan fingerprint density at radius 3 is 2.00 bits per heavy atom. The van der Waals surface area contributed by atoms with E-state index in [1.165, 1.54) is 18.9 Å². The minimum Gasteiger partial charge on any atom is -0.323 e. The van der Waals surface area contributed by atoms with Gasteiger partial charge in [0.15, 0.2) is 0 Å². The summed E-state index contributed by atoms with van der Waals surface area (Å²) in [6.45, 7) is 12.6. The Morgan fingerprint density at radius 2 is 1.69 bits per heavy atom. The maximum absolute atomic E-state index is 3.96. The van der Waals surface area contributed by atoms with Crippen LogP contribution in [0.5, 0.6) is 0 Å². The zero-order valence-electron chi connectivity index (χ0n) is 9.32. The summed E-state index contributed by atoms with van der Waals surface area (Å²) >= 11 is 0. The summed E-state index contributed by atoms with van der Waals surface area (Å²) in [4.78, 5) is 7.18. The van der Waals surface area contributed by atoms with Gasteiger partial charge in [-0.15, -0.1) is 6.58 Å². The molecule has 0 atom stereocenters. The molecule has 0 rings (SSSR count). The zero-order valence-corrected chi connectivity index (χ0v) is 10.3. The third-order valence-corrected chi connectivity index (χ3v) is 6.07. The molecule has 13 heavy (non-hydrogen) atoms. The van der Waals surface area contributed by atoms with Crippen LogP contribution >= 0.6 is 0 Å². The Kier molecular flexibility index (Phi) is 7.23. The van der Waals surface area contributed by atoms with Crippen molar-refractivity contribution >= 4 is 8.40 Å². The maximum atomic E-state index is 3.96. The number of unbranched alkanes of at least 4 members (excludes halogenated alkanes) is 1. The normalized spacial score (nSPS) is 11.6. The van der Waals surface area contributed by atoms with Crippen molar-refractivity contribution in [2.45, 2.75) is 39.7 Å². The molecule has 0 aromatic heterocycles. The maximum Gasteiger partial charge on any atom is 0.226 e. The van der Waals surface area contributed by atoms with E-state index in [0.29, 0.717) is 0 Å². The Morgan fingerprint density at radius 1 is 1.15 bits per heavy atom. The second kappa shape index (κ2) is 7.30. The Labute approximate surface area is 84.0 Å². The van der Waals surface area contributed by atoms with Crippen molar-refractivity contribution in [2.24, 2.45) is 0 Å². The van der Waals surface area contributed by atoms with Crippen molar-refractivity contribution in [1.82, 2.24) is 9.96 Å². The molecular formula is C10H24N2Si. The highest BCUT2D eigenvalue weighted by molar-refractivity contribution is 6.79. The summed E-state index contributed by atoms with van der Waals surface area (Å²) < 4.78 is 0. The van der Waals surface area contributed by atoms with Gasteiger partial charge in [0.2, 0.25) is 8.40 Å². The largest absolute Gasteiger partial charge is 0.323 e. The predicted octanol–water partition coefficient (Wildman–Crippen LogP) is 2.17. The van der Waals surface area contributed by atoms with Gasteiger partial charge in [0.05, 0.1) is 0 Å². The molecule has 78 valence electrons. The van der Waals surface area contributed by atoms with Gasteiger partial charge in [-0.3, -0.25) is 0 Å². The predicted molar refractivity (Wildman–Crippen MR) is 63.0 cm³/mol. The van der Waals surface area contributed by atoms with Crippen molar-refractivity contribution in [3.8, 4) is 0 Å². The molecule has 0 aromatic rings. The fraction of sp³-hybridized carbons (Fsp3) is 0.800. The van der Waals surface area contributed by atoms with E-state index in [2.05, 4.69) is 43.0 Å².